The van der Waals surface area contributed by atoms with Crippen LogP contribution in [-0.2, 0) is 35.0 Å². The second-order valence-corrected chi connectivity index (χ2v) is 12.4. The lowest BCUT2D eigenvalue weighted by atomic mass is 9.74. The Balaban J connectivity index is 1.34. The lowest BCUT2D eigenvalue weighted by Gasteiger charge is -2.32. The number of aliphatic imine (C=N–C) groups is 1. The maximum absolute atomic E-state index is 13.6. The molecule has 3 atom stereocenters. The van der Waals surface area contributed by atoms with E-state index in [1.54, 1.807) is 23.9 Å². The normalized spacial score (nSPS) is 19.8. The minimum atomic E-state index is -0.896. The molecule has 11 heteroatoms. The van der Waals surface area contributed by atoms with Gasteiger partial charge in [0.25, 0.3) is 5.69 Å². The molecule has 10 nitrogen and oxygen atoms in total. The Morgan fingerprint density at radius 1 is 1.07 bits per heavy atom. The van der Waals surface area contributed by atoms with Crippen LogP contribution in [-0.4, -0.2) is 61.5 Å². The van der Waals surface area contributed by atoms with Gasteiger partial charge in [0.2, 0.25) is 0 Å². The molecule has 0 amide bonds. The fourth-order valence-electron chi connectivity index (χ4n) is 5.82. The SMILES string of the molecule is CCC1=NC(CC)=C(C(=O)OCCCSc2ccc(CCCOC3CCCCO3)cc2)C(c2cccc([N+](=O)[O-])c2)C1C(=O)OC. The van der Waals surface area contributed by atoms with Gasteiger partial charge in [0, 0.05) is 41.0 Å². The van der Waals surface area contributed by atoms with Crippen molar-refractivity contribution in [2.24, 2.45) is 10.9 Å². The fraction of sp³-hybridized carbons (Fsp3) is 0.514. The molecule has 3 unspecified atom stereocenters. The van der Waals surface area contributed by atoms with Crippen molar-refractivity contribution < 1.29 is 33.5 Å². The van der Waals surface area contributed by atoms with E-state index in [0.29, 0.717) is 42.8 Å². The lowest BCUT2D eigenvalue weighted by Crippen LogP contribution is -2.37. The number of esters is 2. The first-order chi connectivity index (χ1) is 22.4. The van der Waals surface area contributed by atoms with E-state index in [0.717, 1.165) is 42.9 Å². The van der Waals surface area contributed by atoms with Crippen LogP contribution >= 0.6 is 11.8 Å². The van der Waals surface area contributed by atoms with E-state index in [1.807, 2.05) is 13.8 Å². The van der Waals surface area contributed by atoms with Crippen LogP contribution in [0.5, 0.6) is 0 Å². The number of nitro benzene ring substituents is 1. The summed E-state index contributed by atoms with van der Waals surface area (Å²) < 4.78 is 22.3. The van der Waals surface area contributed by atoms with Crippen molar-refractivity contribution in [2.75, 3.05) is 32.7 Å². The third-order valence-corrected chi connectivity index (χ3v) is 9.27. The summed E-state index contributed by atoms with van der Waals surface area (Å²) in [6, 6.07) is 14.5. The maximum Gasteiger partial charge on any atom is 0.336 e. The van der Waals surface area contributed by atoms with Crippen LogP contribution in [0, 0.1) is 16.0 Å². The van der Waals surface area contributed by atoms with Crippen LogP contribution in [0.15, 0.2) is 69.7 Å². The number of benzene rings is 2. The van der Waals surface area contributed by atoms with Crippen molar-refractivity contribution in [1.29, 1.82) is 0 Å². The lowest BCUT2D eigenvalue weighted by molar-refractivity contribution is -0.384. The predicted molar refractivity (Wildman–Crippen MR) is 177 cm³/mol. The minimum Gasteiger partial charge on any atom is -0.468 e. The van der Waals surface area contributed by atoms with E-state index in [4.69, 9.17) is 18.9 Å². The molecule has 0 saturated carbocycles. The van der Waals surface area contributed by atoms with Crippen LogP contribution in [0.3, 0.4) is 0 Å². The molecule has 2 aliphatic heterocycles. The van der Waals surface area contributed by atoms with E-state index in [2.05, 4.69) is 29.3 Å². The monoisotopic (exact) mass is 652 g/mol. The summed E-state index contributed by atoms with van der Waals surface area (Å²) in [5, 5.41) is 11.6. The third-order valence-electron chi connectivity index (χ3n) is 8.17. The molecule has 0 N–H and O–H groups in total. The van der Waals surface area contributed by atoms with Gasteiger partial charge in [0.1, 0.15) is 5.92 Å². The highest BCUT2D eigenvalue weighted by Gasteiger charge is 2.43. The second-order valence-electron chi connectivity index (χ2n) is 11.3. The van der Waals surface area contributed by atoms with E-state index in [9.17, 15) is 19.7 Å². The first-order valence-corrected chi connectivity index (χ1v) is 17.1. The number of hydrogen-bond acceptors (Lipinski definition) is 10. The van der Waals surface area contributed by atoms with Crippen LogP contribution in [0.2, 0.25) is 0 Å². The molecule has 2 aromatic carbocycles. The largest absolute Gasteiger partial charge is 0.468 e. The zero-order chi connectivity index (χ0) is 32.9. The fourth-order valence-corrected chi connectivity index (χ4v) is 6.65. The summed E-state index contributed by atoms with van der Waals surface area (Å²) in [6.07, 6.45) is 6.62. The quantitative estimate of drug-likeness (QED) is 0.0608. The van der Waals surface area contributed by atoms with E-state index in [-0.39, 0.29) is 24.2 Å². The molecule has 0 aliphatic carbocycles. The van der Waals surface area contributed by atoms with Crippen LogP contribution in [0.25, 0.3) is 0 Å². The van der Waals surface area contributed by atoms with Crippen LogP contribution in [0.4, 0.5) is 5.69 Å². The van der Waals surface area contributed by atoms with Crippen molar-refractivity contribution in [3.63, 3.8) is 0 Å². The van der Waals surface area contributed by atoms with Crippen molar-refractivity contribution in [3.05, 3.63) is 81.0 Å². The van der Waals surface area contributed by atoms with Crippen LogP contribution < -0.4 is 0 Å². The average molecular weight is 653 g/mol. The molecule has 2 aliphatic rings. The Bertz CT molecular complexity index is 1400. The highest BCUT2D eigenvalue weighted by Crippen LogP contribution is 2.42. The van der Waals surface area contributed by atoms with Gasteiger partial charge in [-0.1, -0.05) is 38.1 Å². The number of aryl methyl sites for hydroxylation is 1. The maximum atomic E-state index is 13.6. The molecule has 4 rings (SSSR count). The Labute approximate surface area is 275 Å². The number of hydrogen-bond donors (Lipinski definition) is 0. The number of methoxy groups -OCH3 is 1. The Morgan fingerprint density at radius 2 is 1.87 bits per heavy atom. The molecule has 1 fully saturated rings. The average Bonchev–Trinajstić information content (AvgIpc) is 3.09. The molecule has 2 aromatic rings. The number of allylic oxidation sites excluding steroid dienone is 1. The number of rotatable bonds is 16. The van der Waals surface area contributed by atoms with Gasteiger partial charge in [-0.15, -0.1) is 11.8 Å². The molecular formula is C35H44N2O8S. The zero-order valence-corrected chi connectivity index (χ0v) is 27.7. The minimum absolute atomic E-state index is 0.0478. The topological polar surface area (TPSA) is 127 Å². The van der Waals surface area contributed by atoms with Gasteiger partial charge in [0.15, 0.2) is 6.29 Å². The molecule has 46 heavy (non-hydrogen) atoms. The summed E-state index contributed by atoms with van der Waals surface area (Å²) in [7, 11) is 1.28. The predicted octanol–water partition coefficient (Wildman–Crippen LogP) is 7.20. The summed E-state index contributed by atoms with van der Waals surface area (Å²) in [4.78, 5) is 43.6. The highest BCUT2D eigenvalue weighted by molar-refractivity contribution is 7.99. The van der Waals surface area contributed by atoms with Crippen molar-refractivity contribution in [2.45, 2.75) is 82.3 Å². The smallest absolute Gasteiger partial charge is 0.336 e. The highest BCUT2D eigenvalue weighted by atomic mass is 32.2. The van der Waals surface area contributed by atoms with Gasteiger partial charge in [0.05, 0.1) is 36.5 Å². The summed E-state index contributed by atoms with van der Waals surface area (Å²) in [6.45, 7) is 5.43. The standard InChI is InChI=1S/C35H44N2O8S/c1-4-28-32(34(38)42-3)31(25-12-8-13-26(23-25)37(40)41)33(29(5-2)36-28)35(39)45-21-10-22-46-27-17-15-24(16-18-27)11-9-20-44-30-14-6-7-19-43-30/h8,12-13,15-18,23,30-32H,4-7,9-11,14,19-22H2,1-3H3. The molecule has 1 saturated heterocycles. The molecule has 248 valence electrons. The number of nitrogens with zero attached hydrogens (tertiary/aromatic N) is 2. The number of ether oxygens (including phenoxy) is 4. The Kier molecular flexibility index (Phi) is 13.8. The molecule has 0 aromatic heterocycles. The first-order valence-electron chi connectivity index (χ1n) is 16.1. The second kappa shape index (κ2) is 18.0. The number of nitro groups is 1. The molecule has 0 radical (unpaired) electrons. The van der Waals surface area contributed by atoms with Gasteiger partial charge in [-0.05, 0) is 74.6 Å². The van der Waals surface area contributed by atoms with Gasteiger partial charge in [-0.2, -0.15) is 0 Å². The van der Waals surface area contributed by atoms with Gasteiger partial charge in [-0.25, -0.2) is 4.79 Å². The molecule has 0 spiro atoms. The Hall–Kier alpha value is -3.54. The zero-order valence-electron chi connectivity index (χ0n) is 26.9. The first kappa shape index (κ1) is 35.3. The van der Waals surface area contributed by atoms with E-state index in [1.165, 1.54) is 31.2 Å². The van der Waals surface area contributed by atoms with E-state index < -0.39 is 28.7 Å². The van der Waals surface area contributed by atoms with Crippen molar-refractivity contribution in [3.8, 4) is 0 Å². The summed E-state index contributed by atoms with van der Waals surface area (Å²) in [5.74, 6) is -2.09. The van der Waals surface area contributed by atoms with Gasteiger partial charge >= 0.3 is 11.9 Å². The third kappa shape index (κ3) is 9.49. The number of carbonyl (C=O) groups is 2. The van der Waals surface area contributed by atoms with Gasteiger partial charge in [-0.3, -0.25) is 19.9 Å². The van der Waals surface area contributed by atoms with Crippen LogP contribution in [0.1, 0.15) is 75.8 Å². The summed E-state index contributed by atoms with van der Waals surface area (Å²) in [5.41, 5.74) is 2.93. The summed E-state index contributed by atoms with van der Waals surface area (Å²) >= 11 is 1.69. The van der Waals surface area contributed by atoms with Gasteiger partial charge < -0.3 is 18.9 Å². The van der Waals surface area contributed by atoms with Crippen molar-refractivity contribution in [1.82, 2.24) is 0 Å². The van der Waals surface area contributed by atoms with E-state index >= 15 is 0 Å². The molecular weight excluding hydrogens is 608 g/mol. The number of carbonyl (C=O) groups excluding carboxylic acids is 2. The van der Waals surface area contributed by atoms with Crippen molar-refractivity contribution >= 4 is 35.1 Å². The molecule has 0 bridgehead atoms. The number of thioether (sulfide) groups is 1. The Morgan fingerprint density at radius 3 is 2.54 bits per heavy atom. The molecule has 2 heterocycles. The number of non-ortho nitro benzene ring substituents is 1.